The molecule has 0 aliphatic carbocycles. The summed E-state index contributed by atoms with van der Waals surface area (Å²) in [6.45, 7) is 7.80. The molecule has 13 heavy (non-hydrogen) atoms. The standard InChI is InChI=1S/C12H19N/c1-4-11(3)13(5-2)12-9-7-6-8-10-12/h6-11H,4-5H2,1-3H3. The average molecular weight is 177 g/mol. The monoisotopic (exact) mass is 177 g/mol. The van der Waals surface area contributed by atoms with Gasteiger partial charge in [-0.15, -0.1) is 0 Å². The molecule has 1 heteroatoms. The lowest BCUT2D eigenvalue weighted by molar-refractivity contribution is 0.630. The van der Waals surface area contributed by atoms with Crippen LogP contribution in [0.1, 0.15) is 27.2 Å². The third-order valence-corrected chi connectivity index (χ3v) is 2.55. The van der Waals surface area contributed by atoms with Gasteiger partial charge in [0.2, 0.25) is 0 Å². The van der Waals surface area contributed by atoms with Crippen molar-refractivity contribution in [3.63, 3.8) is 0 Å². The molecule has 72 valence electrons. The van der Waals surface area contributed by atoms with Crippen molar-refractivity contribution in [3.05, 3.63) is 30.3 Å². The number of anilines is 1. The molecule has 0 radical (unpaired) electrons. The Morgan fingerprint density at radius 1 is 1.15 bits per heavy atom. The zero-order valence-corrected chi connectivity index (χ0v) is 8.83. The fourth-order valence-corrected chi connectivity index (χ4v) is 1.59. The van der Waals surface area contributed by atoms with Crippen molar-refractivity contribution in [2.24, 2.45) is 0 Å². The normalized spacial score (nSPS) is 12.5. The Labute approximate surface area is 81.4 Å². The highest BCUT2D eigenvalue weighted by Gasteiger charge is 2.09. The molecule has 1 nitrogen and oxygen atoms in total. The summed E-state index contributed by atoms with van der Waals surface area (Å²) in [5, 5.41) is 0. The molecule has 0 amide bonds. The molecule has 1 aromatic carbocycles. The topological polar surface area (TPSA) is 3.24 Å². The second-order valence-electron chi connectivity index (χ2n) is 3.38. The van der Waals surface area contributed by atoms with Gasteiger partial charge in [0.1, 0.15) is 0 Å². The smallest absolute Gasteiger partial charge is 0.0368 e. The lowest BCUT2D eigenvalue weighted by atomic mass is 10.2. The summed E-state index contributed by atoms with van der Waals surface area (Å²) >= 11 is 0. The summed E-state index contributed by atoms with van der Waals surface area (Å²) < 4.78 is 0. The molecule has 0 fully saturated rings. The fourth-order valence-electron chi connectivity index (χ4n) is 1.59. The highest BCUT2D eigenvalue weighted by Crippen LogP contribution is 2.17. The van der Waals surface area contributed by atoms with Crippen LogP contribution in [0, 0.1) is 0 Å². The summed E-state index contributed by atoms with van der Waals surface area (Å²) in [5.74, 6) is 0. The van der Waals surface area contributed by atoms with Gasteiger partial charge in [-0.25, -0.2) is 0 Å². The third kappa shape index (κ3) is 2.48. The predicted octanol–water partition coefficient (Wildman–Crippen LogP) is 3.31. The first-order valence-corrected chi connectivity index (χ1v) is 5.11. The molecule has 0 N–H and O–H groups in total. The minimum absolute atomic E-state index is 0.632. The van der Waals surface area contributed by atoms with Gasteiger partial charge in [0.05, 0.1) is 0 Å². The van der Waals surface area contributed by atoms with E-state index in [0.29, 0.717) is 6.04 Å². The Kier molecular flexibility index (Phi) is 3.81. The maximum Gasteiger partial charge on any atom is 0.0368 e. The number of hydrogen-bond donors (Lipinski definition) is 0. The number of hydrogen-bond acceptors (Lipinski definition) is 1. The summed E-state index contributed by atoms with van der Waals surface area (Å²) in [4.78, 5) is 2.43. The largest absolute Gasteiger partial charge is 0.369 e. The lowest BCUT2D eigenvalue weighted by Gasteiger charge is -2.29. The summed E-state index contributed by atoms with van der Waals surface area (Å²) in [6.07, 6.45) is 1.20. The van der Waals surface area contributed by atoms with Crippen LogP contribution >= 0.6 is 0 Å². The summed E-state index contributed by atoms with van der Waals surface area (Å²) in [5.41, 5.74) is 1.33. The van der Waals surface area contributed by atoms with E-state index in [4.69, 9.17) is 0 Å². The van der Waals surface area contributed by atoms with Crippen LogP contribution < -0.4 is 4.90 Å². The van der Waals surface area contributed by atoms with Crippen molar-refractivity contribution in [1.29, 1.82) is 0 Å². The van der Waals surface area contributed by atoms with Crippen molar-refractivity contribution < 1.29 is 0 Å². The Hall–Kier alpha value is -0.980. The van der Waals surface area contributed by atoms with Crippen LogP contribution in [-0.4, -0.2) is 12.6 Å². The van der Waals surface area contributed by atoms with E-state index in [2.05, 4.69) is 56.0 Å². The quantitative estimate of drug-likeness (QED) is 0.682. The Morgan fingerprint density at radius 2 is 1.77 bits per heavy atom. The first-order valence-electron chi connectivity index (χ1n) is 5.11. The van der Waals surface area contributed by atoms with Crippen molar-refractivity contribution in [3.8, 4) is 0 Å². The van der Waals surface area contributed by atoms with Gasteiger partial charge in [0.15, 0.2) is 0 Å². The van der Waals surface area contributed by atoms with Gasteiger partial charge in [-0.3, -0.25) is 0 Å². The Balaban J connectivity index is 2.78. The van der Waals surface area contributed by atoms with Crippen LogP contribution in [0.2, 0.25) is 0 Å². The number of benzene rings is 1. The molecule has 0 bridgehead atoms. The third-order valence-electron chi connectivity index (χ3n) is 2.55. The summed E-state index contributed by atoms with van der Waals surface area (Å²) in [7, 11) is 0. The molecule has 0 aromatic heterocycles. The summed E-state index contributed by atoms with van der Waals surface area (Å²) in [6, 6.07) is 11.2. The Morgan fingerprint density at radius 3 is 2.23 bits per heavy atom. The van der Waals surface area contributed by atoms with Gasteiger partial charge in [-0.05, 0) is 32.4 Å². The van der Waals surface area contributed by atoms with Gasteiger partial charge in [0, 0.05) is 18.3 Å². The highest BCUT2D eigenvalue weighted by molar-refractivity contribution is 5.46. The zero-order valence-electron chi connectivity index (χ0n) is 8.83. The first-order chi connectivity index (χ1) is 6.29. The van der Waals surface area contributed by atoms with Gasteiger partial charge < -0.3 is 4.90 Å². The molecule has 1 unspecified atom stereocenters. The van der Waals surface area contributed by atoms with E-state index in [1.54, 1.807) is 0 Å². The van der Waals surface area contributed by atoms with Gasteiger partial charge in [-0.2, -0.15) is 0 Å². The molecule has 0 spiro atoms. The first kappa shape index (κ1) is 10.1. The second kappa shape index (κ2) is 4.90. The van der Waals surface area contributed by atoms with Crippen molar-refractivity contribution in [1.82, 2.24) is 0 Å². The number of para-hydroxylation sites is 1. The molecule has 0 saturated heterocycles. The van der Waals surface area contributed by atoms with E-state index in [0.717, 1.165) is 6.54 Å². The Bertz CT molecular complexity index is 230. The van der Waals surface area contributed by atoms with Crippen LogP contribution in [0.15, 0.2) is 30.3 Å². The molecule has 0 heterocycles. The van der Waals surface area contributed by atoms with E-state index in [1.807, 2.05) is 0 Å². The van der Waals surface area contributed by atoms with E-state index in [1.165, 1.54) is 12.1 Å². The van der Waals surface area contributed by atoms with Crippen molar-refractivity contribution >= 4 is 5.69 Å². The van der Waals surface area contributed by atoms with Crippen molar-refractivity contribution in [2.75, 3.05) is 11.4 Å². The maximum atomic E-state index is 2.43. The fraction of sp³-hybridized carbons (Fsp3) is 0.500. The maximum absolute atomic E-state index is 2.43. The molecule has 1 aromatic rings. The molecule has 1 atom stereocenters. The van der Waals surface area contributed by atoms with Gasteiger partial charge >= 0.3 is 0 Å². The lowest BCUT2D eigenvalue weighted by Crippen LogP contribution is -2.32. The van der Waals surface area contributed by atoms with Gasteiger partial charge in [-0.1, -0.05) is 25.1 Å². The van der Waals surface area contributed by atoms with Crippen LogP contribution in [-0.2, 0) is 0 Å². The number of nitrogens with zero attached hydrogens (tertiary/aromatic N) is 1. The molecule has 0 aliphatic rings. The van der Waals surface area contributed by atoms with Crippen LogP contribution in [0.4, 0.5) is 5.69 Å². The second-order valence-corrected chi connectivity index (χ2v) is 3.38. The van der Waals surface area contributed by atoms with E-state index >= 15 is 0 Å². The molecule has 0 aliphatic heterocycles. The van der Waals surface area contributed by atoms with E-state index < -0.39 is 0 Å². The minimum Gasteiger partial charge on any atom is -0.369 e. The number of rotatable bonds is 4. The molecular weight excluding hydrogens is 158 g/mol. The zero-order chi connectivity index (χ0) is 9.68. The van der Waals surface area contributed by atoms with Crippen molar-refractivity contribution in [2.45, 2.75) is 33.2 Å². The molecule has 0 saturated carbocycles. The average Bonchev–Trinajstić information content (AvgIpc) is 2.20. The van der Waals surface area contributed by atoms with Crippen LogP contribution in [0.3, 0.4) is 0 Å². The van der Waals surface area contributed by atoms with Crippen LogP contribution in [0.25, 0.3) is 0 Å². The molecular formula is C12H19N. The highest BCUT2D eigenvalue weighted by atomic mass is 15.1. The van der Waals surface area contributed by atoms with Gasteiger partial charge in [0.25, 0.3) is 0 Å². The SMILES string of the molecule is CCC(C)N(CC)c1ccccc1. The van der Waals surface area contributed by atoms with E-state index in [9.17, 15) is 0 Å². The van der Waals surface area contributed by atoms with Crippen LogP contribution in [0.5, 0.6) is 0 Å². The molecule has 1 rings (SSSR count). The predicted molar refractivity (Wildman–Crippen MR) is 59.2 cm³/mol. The van der Waals surface area contributed by atoms with E-state index in [-0.39, 0.29) is 0 Å². The minimum atomic E-state index is 0.632.